The summed E-state index contributed by atoms with van der Waals surface area (Å²) in [6, 6.07) is 0.0626. The van der Waals surface area contributed by atoms with E-state index in [0.717, 1.165) is 0 Å². The summed E-state index contributed by atoms with van der Waals surface area (Å²) in [7, 11) is 0. The van der Waals surface area contributed by atoms with Crippen molar-refractivity contribution in [3.8, 4) is 0 Å². The van der Waals surface area contributed by atoms with Crippen molar-refractivity contribution in [2.45, 2.75) is 37.6 Å². The highest BCUT2D eigenvalue weighted by atomic mass is 19.4. The number of hydrogen-bond donors (Lipinski definition) is 2. The fourth-order valence-corrected chi connectivity index (χ4v) is 1.23. The van der Waals surface area contributed by atoms with Crippen LogP contribution in [0.5, 0.6) is 0 Å². The fraction of sp³-hybridized carbons (Fsp3) is 1.00. The third-order valence-corrected chi connectivity index (χ3v) is 2.26. The molecule has 0 saturated carbocycles. The molecule has 0 spiro atoms. The number of hydrogen-bond acceptors (Lipinski definition) is 2. The molecule has 1 aliphatic heterocycles. The predicted octanol–water partition coefficient (Wildman–Crippen LogP) is 1.05. The summed E-state index contributed by atoms with van der Waals surface area (Å²) < 4.78 is 36.5. The average Bonchev–Trinajstić information content (AvgIpc) is 1.93. The van der Waals surface area contributed by atoms with Gasteiger partial charge in [0.05, 0.1) is 0 Å². The average molecular weight is 183 g/mol. The lowest BCUT2D eigenvalue weighted by molar-refractivity contribution is -0.265. The molecule has 1 heterocycles. The number of aliphatic hydroxyl groups is 1. The first-order valence-electron chi connectivity index (χ1n) is 3.88. The molecule has 0 aliphatic carbocycles. The van der Waals surface area contributed by atoms with E-state index in [0.29, 0.717) is 6.42 Å². The number of alkyl halides is 3. The zero-order valence-electron chi connectivity index (χ0n) is 6.78. The second-order valence-corrected chi connectivity index (χ2v) is 3.35. The van der Waals surface area contributed by atoms with Crippen LogP contribution in [0.2, 0.25) is 0 Å². The molecule has 12 heavy (non-hydrogen) atoms. The van der Waals surface area contributed by atoms with E-state index in [2.05, 4.69) is 5.32 Å². The molecule has 2 N–H and O–H groups in total. The van der Waals surface area contributed by atoms with Crippen molar-refractivity contribution < 1.29 is 18.3 Å². The summed E-state index contributed by atoms with van der Waals surface area (Å²) in [5.41, 5.74) is -2.51. The minimum atomic E-state index is -4.51. The Morgan fingerprint density at radius 2 is 2.08 bits per heavy atom. The van der Waals surface area contributed by atoms with Crippen LogP contribution in [0, 0.1) is 0 Å². The van der Waals surface area contributed by atoms with Gasteiger partial charge in [0.1, 0.15) is 0 Å². The van der Waals surface area contributed by atoms with Gasteiger partial charge < -0.3 is 10.4 Å². The lowest BCUT2D eigenvalue weighted by atomic mass is 9.90. The van der Waals surface area contributed by atoms with E-state index in [4.69, 9.17) is 5.11 Å². The Kier molecular flexibility index (Phi) is 2.35. The normalized spacial score (nSPS) is 38.2. The third-order valence-electron chi connectivity index (χ3n) is 2.26. The van der Waals surface area contributed by atoms with Crippen molar-refractivity contribution in [2.75, 3.05) is 6.54 Å². The molecule has 1 saturated heterocycles. The number of piperidine rings is 1. The number of nitrogens with one attached hydrogen (secondary N) is 1. The Hall–Kier alpha value is -0.290. The smallest absolute Gasteiger partial charge is 0.379 e. The first kappa shape index (κ1) is 9.80. The molecule has 1 fully saturated rings. The molecule has 0 amide bonds. The fourth-order valence-electron chi connectivity index (χ4n) is 1.23. The number of rotatable bonds is 0. The van der Waals surface area contributed by atoms with Crippen LogP contribution in [0.1, 0.15) is 19.8 Å². The quantitative estimate of drug-likeness (QED) is 0.588. The van der Waals surface area contributed by atoms with E-state index in [1.807, 2.05) is 0 Å². The second-order valence-electron chi connectivity index (χ2n) is 3.35. The first-order chi connectivity index (χ1) is 5.35. The van der Waals surface area contributed by atoms with E-state index in [9.17, 15) is 13.2 Å². The van der Waals surface area contributed by atoms with Gasteiger partial charge in [0.2, 0.25) is 0 Å². The van der Waals surface area contributed by atoms with Crippen molar-refractivity contribution in [3.63, 3.8) is 0 Å². The van der Waals surface area contributed by atoms with Gasteiger partial charge in [-0.25, -0.2) is 0 Å². The van der Waals surface area contributed by atoms with Gasteiger partial charge in [0, 0.05) is 12.6 Å². The summed E-state index contributed by atoms with van der Waals surface area (Å²) in [4.78, 5) is 0. The van der Waals surface area contributed by atoms with Crippen LogP contribution in [0.3, 0.4) is 0 Å². The zero-order valence-corrected chi connectivity index (χ0v) is 6.78. The molecule has 0 radical (unpaired) electrons. The molecular formula is C7H12F3NO. The standard InChI is InChI=1S/C7H12F3NO/c1-5-2-3-6(12,4-11-5)7(8,9)10/h5,11-12H,2-4H2,1H3. The largest absolute Gasteiger partial charge is 0.418 e. The summed E-state index contributed by atoms with van der Waals surface area (Å²) in [6.45, 7) is 1.41. The van der Waals surface area contributed by atoms with Crippen LogP contribution in [0.4, 0.5) is 13.2 Å². The highest BCUT2D eigenvalue weighted by Crippen LogP contribution is 2.35. The van der Waals surface area contributed by atoms with Crippen LogP contribution in [-0.4, -0.2) is 29.5 Å². The van der Waals surface area contributed by atoms with Crippen LogP contribution in [-0.2, 0) is 0 Å². The summed E-state index contributed by atoms with van der Waals surface area (Å²) in [5.74, 6) is 0. The monoisotopic (exact) mass is 183 g/mol. The van der Waals surface area contributed by atoms with Crippen molar-refractivity contribution in [1.82, 2.24) is 5.32 Å². The maximum Gasteiger partial charge on any atom is 0.418 e. The molecule has 0 aromatic carbocycles. The molecule has 5 heteroatoms. The van der Waals surface area contributed by atoms with E-state index in [-0.39, 0.29) is 12.5 Å². The van der Waals surface area contributed by atoms with Crippen molar-refractivity contribution >= 4 is 0 Å². The van der Waals surface area contributed by atoms with E-state index in [1.165, 1.54) is 0 Å². The van der Waals surface area contributed by atoms with Gasteiger partial charge >= 0.3 is 6.18 Å². The van der Waals surface area contributed by atoms with Crippen LogP contribution >= 0.6 is 0 Å². The van der Waals surface area contributed by atoms with Crippen molar-refractivity contribution in [1.29, 1.82) is 0 Å². The Balaban J connectivity index is 2.62. The molecule has 2 unspecified atom stereocenters. The molecular weight excluding hydrogens is 171 g/mol. The van der Waals surface area contributed by atoms with Gasteiger partial charge in [0.15, 0.2) is 5.60 Å². The Morgan fingerprint density at radius 1 is 1.50 bits per heavy atom. The minimum Gasteiger partial charge on any atom is -0.379 e. The van der Waals surface area contributed by atoms with Crippen molar-refractivity contribution in [3.05, 3.63) is 0 Å². The lowest BCUT2D eigenvalue weighted by Crippen LogP contribution is -2.57. The first-order valence-corrected chi connectivity index (χ1v) is 3.88. The summed E-state index contributed by atoms with van der Waals surface area (Å²) in [5, 5.41) is 11.7. The van der Waals surface area contributed by atoms with E-state index in [1.54, 1.807) is 6.92 Å². The highest BCUT2D eigenvalue weighted by molar-refractivity contribution is 4.93. The van der Waals surface area contributed by atoms with Gasteiger partial charge in [-0.05, 0) is 19.8 Å². The maximum atomic E-state index is 12.2. The lowest BCUT2D eigenvalue weighted by Gasteiger charge is -2.36. The Morgan fingerprint density at radius 3 is 2.42 bits per heavy atom. The van der Waals surface area contributed by atoms with Crippen LogP contribution in [0.25, 0.3) is 0 Å². The van der Waals surface area contributed by atoms with Gasteiger partial charge in [-0.3, -0.25) is 0 Å². The van der Waals surface area contributed by atoms with Crippen LogP contribution < -0.4 is 5.32 Å². The van der Waals surface area contributed by atoms with E-state index >= 15 is 0 Å². The number of halogens is 3. The second kappa shape index (κ2) is 2.88. The molecule has 0 aromatic rings. The zero-order chi connectivity index (χ0) is 9.41. The van der Waals surface area contributed by atoms with Gasteiger partial charge in [-0.1, -0.05) is 0 Å². The molecule has 2 atom stereocenters. The molecule has 0 bridgehead atoms. The van der Waals surface area contributed by atoms with E-state index < -0.39 is 18.3 Å². The van der Waals surface area contributed by atoms with Gasteiger partial charge in [-0.15, -0.1) is 0 Å². The predicted molar refractivity (Wildman–Crippen MR) is 37.7 cm³/mol. The van der Waals surface area contributed by atoms with Crippen LogP contribution in [0.15, 0.2) is 0 Å². The third kappa shape index (κ3) is 1.72. The molecule has 72 valence electrons. The SMILES string of the molecule is CC1CCC(O)(C(F)(F)F)CN1. The van der Waals surface area contributed by atoms with Gasteiger partial charge in [-0.2, -0.15) is 13.2 Å². The summed E-state index contributed by atoms with van der Waals surface area (Å²) in [6.07, 6.45) is -4.36. The topological polar surface area (TPSA) is 32.3 Å². The molecule has 1 aliphatic rings. The molecule has 0 aromatic heterocycles. The highest BCUT2D eigenvalue weighted by Gasteiger charge is 2.54. The summed E-state index contributed by atoms with van der Waals surface area (Å²) >= 11 is 0. The Labute approximate surface area is 68.8 Å². The minimum absolute atomic E-state index is 0.0626. The van der Waals surface area contributed by atoms with Gasteiger partial charge in [0.25, 0.3) is 0 Å². The number of β-amino-alcohol motifs (C(OH)–C–C–N with tert-alkyl or cyclic N) is 1. The molecule has 2 nitrogen and oxygen atoms in total. The molecule has 1 rings (SSSR count). The van der Waals surface area contributed by atoms with Crippen molar-refractivity contribution in [2.24, 2.45) is 0 Å². The maximum absolute atomic E-state index is 12.2. The Bertz CT molecular complexity index is 161.